The molecule has 0 atom stereocenters. The van der Waals surface area contributed by atoms with Gasteiger partial charge in [0.25, 0.3) is 0 Å². The highest BCUT2D eigenvalue weighted by Crippen LogP contribution is 2.25. The number of rotatable bonds is 34. The zero-order valence-corrected chi connectivity index (χ0v) is 53.8. The van der Waals surface area contributed by atoms with Crippen LogP contribution in [0.3, 0.4) is 0 Å². The van der Waals surface area contributed by atoms with Crippen LogP contribution in [0.2, 0.25) is 0 Å². The Morgan fingerprint density at radius 3 is 0.777 bits per heavy atom. The standard InChI is InChI=1S/C79H83NO14/c1-79(2,3)94-78(87)80(52-16-26-76(85)92-70(54-88-72(81)48-36-58-28-40-66(41-29-58)62-18-8-4-9-19-62)55-89-73(82)49-37-59-30-42-67(43-31-59)63-20-10-5-11-21-63)53-17-27-77(86)93-71(56-90-74(83)50-38-60-32-44-68(45-33-60)64-22-12-6-13-23-64)57-91-75(84)51-39-61-34-46-69(47-35-61)65-24-14-7-15-25-65/h4-15,18-25,28-35,40-47,70-71H,16-17,26-27,36-39,48-57H2,1-3H3. The molecule has 8 rings (SSSR count). The van der Waals surface area contributed by atoms with Crippen LogP contribution in [0.4, 0.5) is 4.79 Å². The number of carbonyl (C=O) groups is 7. The summed E-state index contributed by atoms with van der Waals surface area (Å²) in [4.78, 5) is 94.6. The molecule has 0 aliphatic heterocycles. The number of esters is 6. The van der Waals surface area contributed by atoms with Crippen molar-refractivity contribution in [2.24, 2.45) is 0 Å². The quantitative estimate of drug-likeness (QED) is 0.0274. The predicted octanol–water partition coefficient (Wildman–Crippen LogP) is 15.0. The van der Waals surface area contributed by atoms with E-state index in [0.29, 0.717) is 25.7 Å². The van der Waals surface area contributed by atoms with Gasteiger partial charge in [-0.25, -0.2) is 4.79 Å². The van der Waals surface area contributed by atoms with Crippen molar-refractivity contribution in [3.63, 3.8) is 0 Å². The Morgan fingerprint density at radius 1 is 0.309 bits per heavy atom. The van der Waals surface area contributed by atoms with Gasteiger partial charge in [0.05, 0.1) is 0 Å². The smallest absolute Gasteiger partial charge is 0.410 e. The molecule has 0 aliphatic rings. The lowest BCUT2D eigenvalue weighted by atomic mass is 10.0. The average molecular weight is 1270 g/mol. The first-order valence-electron chi connectivity index (χ1n) is 32.1. The van der Waals surface area contributed by atoms with Crippen molar-refractivity contribution in [3.8, 4) is 44.5 Å². The van der Waals surface area contributed by atoms with Gasteiger partial charge in [-0.3, -0.25) is 28.8 Å². The van der Waals surface area contributed by atoms with Gasteiger partial charge in [-0.05, 0) is 126 Å². The molecule has 94 heavy (non-hydrogen) atoms. The van der Waals surface area contributed by atoms with E-state index in [1.165, 1.54) is 4.90 Å². The number of ether oxygens (including phenoxy) is 7. The van der Waals surface area contributed by atoms with Crippen LogP contribution in [0, 0.1) is 0 Å². The fraction of sp³-hybridized carbons (Fsp3) is 0.304. The van der Waals surface area contributed by atoms with Crippen molar-refractivity contribution in [1.82, 2.24) is 4.90 Å². The molecule has 0 bridgehead atoms. The lowest BCUT2D eigenvalue weighted by Gasteiger charge is -2.27. The second kappa shape index (κ2) is 36.8. The molecule has 0 spiro atoms. The molecule has 0 saturated carbocycles. The topological polar surface area (TPSA) is 187 Å². The number of amides is 1. The van der Waals surface area contributed by atoms with Crippen LogP contribution in [0.25, 0.3) is 44.5 Å². The molecule has 0 aromatic heterocycles. The summed E-state index contributed by atoms with van der Waals surface area (Å²) < 4.78 is 39.7. The van der Waals surface area contributed by atoms with E-state index in [4.69, 9.17) is 33.2 Å². The summed E-state index contributed by atoms with van der Waals surface area (Å²) in [6.07, 6.45) is -1.25. The summed E-state index contributed by atoms with van der Waals surface area (Å²) in [5.41, 5.74) is 11.4. The Balaban J connectivity index is 0.829. The maximum Gasteiger partial charge on any atom is 0.410 e. The molecule has 8 aromatic rings. The molecule has 0 saturated heterocycles. The molecule has 0 aliphatic carbocycles. The number of benzene rings is 8. The van der Waals surface area contributed by atoms with Crippen LogP contribution < -0.4 is 0 Å². The molecule has 15 nitrogen and oxygen atoms in total. The van der Waals surface area contributed by atoms with Crippen LogP contribution in [-0.2, 0) is 87.6 Å². The maximum atomic E-state index is 13.6. The molecule has 8 aromatic carbocycles. The van der Waals surface area contributed by atoms with Gasteiger partial charge in [-0.1, -0.05) is 218 Å². The van der Waals surface area contributed by atoms with Crippen molar-refractivity contribution < 1.29 is 66.7 Å². The van der Waals surface area contributed by atoms with Crippen LogP contribution >= 0.6 is 0 Å². The Labute approximate surface area is 551 Å². The highest BCUT2D eigenvalue weighted by atomic mass is 16.6. The molecule has 15 heteroatoms. The van der Waals surface area contributed by atoms with E-state index in [-0.39, 0.29) is 90.9 Å². The summed E-state index contributed by atoms with van der Waals surface area (Å²) in [5, 5.41) is 0. The molecule has 0 unspecified atom stereocenters. The minimum Gasteiger partial charge on any atom is -0.462 e. The Hall–Kier alpha value is -10.2. The Kier molecular flexibility index (Phi) is 27.3. The lowest BCUT2D eigenvalue weighted by Crippen LogP contribution is -2.38. The molecule has 0 radical (unpaired) electrons. The zero-order valence-electron chi connectivity index (χ0n) is 53.8. The fourth-order valence-corrected chi connectivity index (χ4v) is 10.2. The molecular formula is C79H83NO14. The van der Waals surface area contributed by atoms with Crippen LogP contribution in [0.15, 0.2) is 218 Å². The third kappa shape index (κ3) is 24.8. The third-order valence-electron chi connectivity index (χ3n) is 15.3. The number of hydrogen-bond donors (Lipinski definition) is 0. The third-order valence-corrected chi connectivity index (χ3v) is 15.3. The van der Waals surface area contributed by atoms with E-state index in [1.54, 1.807) is 20.8 Å². The summed E-state index contributed by atoms with van der Waals surface area (Å²) >= 11 is 0. The van der Waals surface area contributed by atoms with Gasteiger partial charge in [0.2, 0.25) is 0 Å². The highest BCUT2D eigenvalue weighted by Gasteiger charge is 2.26. The monoisotopic (exact) mass is 1270 g/mol. The van der Waals surface area contributed by atoms with Gasteiger partial charge in [0.1, 0.15) is 32.0 Å². The minimum absolute atomic E-state index is 0.0230. The summed E-state index contributed by atoms with van der Waals surface area (Å²) in [5.74, 6) is -3.50. The number of carbonyl (C=O) groups excluding carboxylic acids is 7. The molecule has 488 valence electrons. The number of nitrogens with zero attached hydrogens (tertiary/aromatic N) is 1. The van der Waals surface area contributed by atoms with Gasteiger partial charge in [0.15, 0.2) is 12.2 Å². The van der Waals surface area contributed by atoms with Crippen molar-refractivity contribution in [2.75, 3.05) is 39.5 Å². The molecular weight excluding hydrogens is 1190 g/mol. The molecule has 0 fully saturated rings. The lowest BCUT2D eigenvalue weighted by molar-refractivity contribution is -0.167. The van der Waals surface area contributed by atoms with E-state index in [9.17, 15) is 33.6 Å². The maximum absolute atomic E-state index is 13.6. The largest absolute Gasteiger partial charge is 0.462 e. The Morgan fingerprint density at radius 2 is 0.543 bits per heavy atom. The van der Waals surface area contributed by atoms with Crippen molar-refractivity contribution in [1.29, 1.82) is 0 Å². The van der Waals surface area contributed by atoms with E-state index >= 15 is 0 Å². The van der Waals surface area contributed by atoms with E-state index in [1.807, 2.05) is 218 Å². The minimum atomic E-state index is -1.13. The summed E-state index contributed by atoms with van der Waals surface area (Å²) in [6, 6.07) is 71.5. The van der Waals surface area contributed by atoms with Crippen molar-refractivity contribution in [3.05, 3.63) is 241 Å². The first-order valence-corrected chi connectivity index (χ1v) is 32.1. The zero-order chi connectivity index (χ0) is 66.3. The molecule has 0 N–H and O–H groups in total. The van der Waals surface area contributed by atoms with E-state index in [2.05, 4.69) is 0 Å². The number of aryl methyl sites for hydroxylation is 4. The molecule has 1 amide bonds. The van der Waals surface area contributed by atoms with Gasteiger partial charge >= 0.3 is 41.9 Å². The van der Waals surface area contributed by atoms with Crippen LogP contribution in [-0.4, -0.2) is 104 Å². The van der Waals surface area contributed by atoms with Gasteiger partial charge in [-0.2, -0.15) is 0 Å². The second-order valence-electron chi connectivity index (χ2n) is 23.9. The first-order chi connectivity index (χ1) is 45.6. The van der Waals surface area contributed by atoms with Gasteiger partial charge < -0.3 is 38.1 Å². The summed E-state index contributed by atoms with van der Waals surface area (Å²) in [7, 11) is 0. The first kappa shape index (κ1) is 69.7. The average Bonchev–Trinajstić information content (AvgIpc) is 3.16. The van der Waals surface area contributed by atoms with Crippen LogP contribution in [0.5, 0.6) is 0 Å². The van der Waals surface area contributed by atoms with Crippen molar-refractivity contribution >= 4 is 41.9 Å². The van der Waals surface area contributed by atoms with E-state index < -0.39 is 59.7 Å². The fourth-order valence-electron chi connectivity index (χ4n) is 10.2. The van der Waals surface area contributed by atoms with Gasteiger partial charge in [0, 0.05) is 51.6 Å². The molecule has 0 heterocycles. The SMILES string of the molecule is CC(C)(C)OC(=O)N(CCCC(=O)OC(COC(=O)CCc1ccc(-c2ccccc2)cc1)COC(=O)CCc1ccc(-c2ccccc2)cc1)CCCC(=O)OC(COC(=O)CCc1ccc(-c2ccccc2)cc1)COC(=O)CCc1ccc(-c2ccccc2)cc1. The predicted molar refractivity (Wildman–Crippen MR) is 361 cm³/mol. The summed E-state index contributed by atoms with van der Waals surface area (Å²) in [6.45, 7) is 3.73. The van der Waals surface area contributed by atoms with Gasteiger partial charge in [-0.15, -0.1) is 0 Å². The Bertz CT molecular complexity index is 3210. The van der Waals surface area contributed by atoms with E-state index in [0.717, 1.165) is 66.8 Å². The van der Waals surface area contributed by atoms with Crippen molar-refractivity contribution in [2.45, 2.75) is 116 Å². The second-order valence-corrected chi connectivity index (χ2v) is 23.9. The highest BCUT2D eigenvalue weighted by molar-refractivity contribution is 5.74. The number of hydrogen-bond acceptors (Lipinski definition) is 14. The van der Waals surface area contributed by atoms with Crippen LogP contribution in [0.1, 0.15) is 94.4 Å². The normalized spacial score (nSPS) is 11.1.